The van der Waals surface area contributed by atoms with Crippen molar-refractivity contribution in [3.8, 4) is 0 Å². The number of methoxy groups -OCH3 is 1. The number of nitrogens with one attached hydrogen (secondary N) is 2. The van der Waals surface area contributed by atoms with Crippen molar-refractivity contribution in [3.63, 3.8) is 0 Å². The normalized spacial score (nSPS) is 27.8. The highest BCUT2D eigenvalue weighted by atomic mass is 32.2. The van der Waals surface area contributed by atoms with Crippen LogP contribution in [0, 0.1) is 0 Å². The lowest BCUT2D eigenvalue weighted by atomic mass is 9.87. The summed E-state index contributed by atoms with van der Waals surface area (Å²) in [7, 11) is -2.33. The smallest absolute Gasteiger partial charge is 0.365 e. The predicted octanol–water partition coefficient (Wildman–Crippen LogP) is 0.0393. The molecule has 1 saturated heterocycles. The number of nitrogens with zero attached hydrogens (tertiary/aromatic N) is 1. The second kappa shape index (κ2) is 5.53. The number of carbonyl (C=O) groups is 1. The molecule has 0 spiro atoms. The Morgan fingerprint density at radius 1 is 1.27 bits per heavy atom. The van der Waals surface area contributed by atoms with Gasteiger partial charge in [0.2, 0.25) is 10.0 Å². The standard InChI is InChI=1S/C11H18F3N3O4S/c1-21-10(11(12,13)14)5-17(6-10)9(18)15-7-3-8(4-7)16-22(2,19)20/h7-8,16H,3-6H2,1-2H3,(H,15,18). The van der Waals surface area contributed by atoms with Crippen molar-refractivity contribution in [2.45, 2.75) is 36.7 Å². The van der Waals surface area contributed by atoms with Crippen molar-refractivity contribution < 1.29 is 31.1 Å². The van der Waals surface area contributed by atoms with Crippen LogP contribution >= 0.6 is 0 Å². The second-order valence-corrected chi connectivity index (χ2v) is 7.54. The third-order valence-corrected chi connectivity index (χ3v) is 4.70. The number of amides is 2. The number of urea groups is 1. The maximum Gasteiger partial charge on any atom is 0.420 e. The molecule has 1 aliphatic heterocycles. The summed E-state index contributed by atoms with van der Waals surface area (Å²) in [6, 6.07) is -1.08. The van der Waals surface area contributed by atoms with Gasteiger partial charge in [-0.2, -0.15) is 13.2 Å². The van der Waals surface area contributed by atoms with Crippen LogP contribution < -0.4 is 10.0 Å². The quantitative estimate of drug-likeness (QED) is 0.753. The lowest BCUT2D eigenvalue weighted by molar-refractivity contribution is -0.303. The van der Waals surface area contributed by atoms with E-state index in [-0.39, 0.29) is 12.1 Å². The van der Waals surface area contributed by atoms with E-state index in [1.54, 1.807) is 0 Å². The van der Waals surface area contributed by atoms with E-state index in [0.29, 0.717) is 12.8 Å². The first-order chi connectivity index (χ1) is 9.96. The summed E-state index contributed by atoms with van der Waals surface area (Å²) in [5, 5.41) is 2.58. The van der Waals surface area contributed by atoms with E-state index >= 15 is 0 Å². The molecule has 0 aromatic rings. The molecule has 11 heteroatoms. The van der Waals surface area contributed by atoms with Crippen LogP contribution in [0.25, 0.3) is 0 Å². The summed E-state index contributed by atoms with van der Waals surface area (Å²) < 4.78 is 67.3. The van der Waals surface area contributed by atoms with Crippen LogP contribution in [0.15, 0.2) is 0 Å². The summed E-state index contributed by atoms with van der Waals surface area (Å²) in [5.41, 5.74) is -2.29. The molecular weight excluding hydrogens is 327 g/mol. The Bertz CT molecular complexity index is 539. The molecule has 1 aliphatic carbocycles. The van der Waals surface area contributed by atoms with Gasteiger partial charge >= 0.3 is 12.2 Å². The number of ether oxygens (including phenoxy) is 1. The fraction of sp³-hybridized carbons (Fsp3) is 0.909. The fourth-order valence-electron chi connectivity index (χ4n) is 2.54. The predicted molar refractivity (Wildman–Crippen MR) is 70.7 cm³/mol. The maximum atomic E-state index is 12.8. The minimum absolute atomic E-state index is 0.241. The monoisotopic (exact) mass is 345 g/mol. The van der Waals surface area contributed by atoms with Crippen LogP contribution in [-0.4, -0.2) is 69.7 Å². The number of sulfonamides is 1. The van der Waals surface area contributed by atoms with Gasteiger partial charge in [-0.25, -0.2) is 17.9 Å². The first-order valence-electron chi connectivity index (χ1n) is 6.60. The van der Waals surface area contributed by atoms with Crippen molar-refractivity contribution in [1.82, 2.24) is 14.9 Å². The second-order valence-electron chi connectivity index (χ2n) is 5.76. The van der Waals surface area contributed by atoms with Crippen molar-refractivity contribution in [3.05, 3.63) is 0 Å². The van der Waals surface area contributed by atoms with Crippen LogP contribution in [0.4, 0.5) is 18.0 Å². The third-order valence-electron chi connectivity index (χ3n) is 3.93. The summed E-state index contributed by atoms with van der Waals surface area (Å²) in [6.07, 6.45) is -2.65. The highest BCUT2D eigenvalue weighted by molar-refractivity contribution is 7.88. The maximum absolute atomic E-state index is 12.8. The molecular formula is C11H18F3N3O4S. The topological polar surface area (TPSA) is 87.7 Å². The van der Waals surface area contributed by atoms with E-state index in [1.165, 1.54) is 0 Å². The summed E-state index contributed by atoms with van der Waals surface area (Å²) in [6.45, 7) is -1.09. The summed E-state index contributed by atoms with van der Waals surface area (Å²) in [5.74, 6) is 0. The molecule has 128 valence electrons. The molecule has 2 amide bonds. The molecule has 7 nitrogen and oxygen atoms in total. The first-order valence-corrected chi connectivity index (χ1v) is 8.49. The molecule has 2 rings (SSSR count). The van der Waals surface area contributed by atoms with Gasteiger partial charge in [-0.1, -0.05) is 0 Å². The molecule has 0 unspecified atom stereocenters. The molecule has 2 fully saturated rings. The lowest BCUT2D eigenvalue weighted by Gasteiger charge is -2.49. The van der Waals surface area contributed by atoms with Gasteiger partial charge < -0.3 is 15.0 Å². The zero-order chi connectivity index (χ0) is 16.8. The van der Waals surface area contributed by atoms with Gasteiger partial charge in [-0.15, -0.1) is 0 Å². The van der Waals surface area contributed by atoms with E-state index in [0.717, 1.165) is 18.3 Å². The van der Waals surface area contributed by atoms with Gasteiger partial charge in [-0.3, -0.25) is 0 Å². The summed E-state index contributed by atoms with van der Waals surface area (Å²) >= 11 is 0. The number of carbonyl (C=O) groups excluding carboxylic acids is 1. The molecule has 0 aromatic carbocycles. The number of likely N-dealkylation sites (tertiary alicyclic amines) is 1. The highest BCUT2D eigenvalue weighted by Gasteiger charge is 2.63. The first kappa shape index (κ1) is 17.3. The van der Waals surface area contributed by atoms with Crippen LogP contribution in [0.3, 0.4) is 0 Å². The van der Waals surface area contributed by atoms with Gasteiger partial charge in [-0.05, 0) is 12.8 Å². The Hall–Kier alpha value is -1.07. The largest absolute Gasteiger partial charge is 0.420 e. The average molecular weight is 345 g/mol. The Kier molecular flexibility index (Phi) is 4.35. The van der Waals surface area contributed by atoms with Gasteiger partial charge in [0.1, 0.15) is 0 Å². The molecule has 1 saturated carbocycles. The van der Waals surface area contributed by atoms with E-state index in [9.17, 15) is 26.4 Å². The van der Waals surface area contributed by atoms with Gasteiger partial charge in [0.15, 0.2) is 5.60 Å². The van der Waals surface area contributed by atoms with Gasteiger partial charge in [0.05, 0.1) is 19.3 Å². The Morgan fingerprint density at radius 3 is 2.23 bits per heavy atom. The summed E-state index contributed by atoms with van der Waals surface area (Å²) in [4.78, 5) is 12.8. The Labute approximate surface area is 126 Å². The molecule has 0 radical (unpaired) electrons. The third kappa shape index (κ3) is 3.46. The number of hydrogen-bond acceptors (Lipinski definition) is 4. The van der Waals surface area contributed by atoms with Crippen LogP contribution in [0.5, 0.6) is 0 Å². The van der Waals surface area contributed by atoms with Crippen molar-refractivity contribution in [1.29, 1.82) is 0 Å². The van der Waals surface area contributed by atoms with E-state index in [4.69, 9.17) is 0 Å². The van der Waals surface area contributed by atoms with Crippen LogP contribution in [-0.2, 0) is 14.8 Å². The minimum atomic E-state index is -4.53. The molecule has 2 aliphatic rings. The van der Waals surface area contributed by atoms with Crippen molar-refractivity contribution >= 4 is 16.1 Å². The zero-order valence-electron chi connectivity index (χ0n) is 12.1. The average Bonchev–Trinajstić information content (AvgIpc) is 2.21. The number of hydrogen-bond donors (Lipinski definition) is 2. The molecule has 0 atom stereocenters. The number of halogens is 3. The van der Waals surface area contributed by atoms with Gasteiger partial charge in [0.25, 0.3) is 0 Å². The molecule has 2 N–H and O–H groups in total. The highest BCUT2D eigenvalue weighted by Crippen LogP contribution is 2.40. The number of alkyl halides is 3. The fourth-order valence-corrected chi connectivity index (χ4v) is 3.34. The van der Waals surface area contributed by atoms with Gasteiger partial charge in [0, 0.05) is 19.2 Å². The van der Waals surface area contributed by atoms with E-state index in [1.807, 2.05) is 0 Å². The minimum Gasteiger partial charge on any atom is -0.365 e. The molecule has 1 heterocycles. The molecule has 0 bridgehead atoms. The SMILES string of the molecule is COC1(C(F)(F)F)CN(C(=O)NC2CC(NS(C)(=O)=O)C2)C1. The zero-order valence-corrected chi connectivity index (χ0v) is 12.9. The molecule has 0 aromatic heterocycles. The van der Waals surface area contributed by atoms with Crippen molar-refractivity contribution in [2.75, 3.05) is 26.5 Å². The Balaban J connectivity index is 1.75. The lowest BCUT2D eigenvalue weighted by Crippen LogP contribution is -2.73. The van der Waals surface area contributed by atoms with E-state index < -0.39 is 40.9 Å². The van der Waals surface area contributed by atoms with Crippen LogP contribution in [0.1, 0.15) is 12.8 Å². The van der Waals surface area contributed by atoms with E-state index in [2.05, 4.69) is 14.8 Å². The number of rotatable bonds is 4. The molecule has 22 heavy (non-hydrogen) atoms. The Morgan fingerprint density at radius 2 is 1.82 bits per heavy atom. The van der Waals surface area contributed by atoms with Crippen LogP contribution in [0.2, 0.25) is 0 Å². The van der Waals surface area contributed by atoms with Crippen molar-refractivity contribution in [2.24, 2.45) is 0 Å².